The second-order valence-electron chi connectivity index (χ2n) is 9.92. The van der Waals surface area contributed by atoms with Gasteiger partial charge in [0, 0.05) is 31.8 Å². The molecule has 0 saturated carbocycles. The van der Waals surface area contributed by atoms with Crippen molar-refractivity contribution >= 4 is 28.5 Å². The van der Waals surface area contributed by atoms with Crippen molar-refractivity contribution in [1.29, 1.82) is 0 Å². The Kier molecular flexibility index (Phi) is 9.75. The number of rotatable bonds is 8. The Balaban J connectivity index is 1.62. The van der Waals surface area contributed by atoms with Gasteiger partial charge in [0.15, 0.2) is 0 Å². The van der Waals surface area contributed by atoms with E-state index < -0.39 is 42.6 Å². The molecule has 2 aromatic carbocycles. The topological polar surface area (TPSA) is 101 Å². The maximum atomic E-state index is 14.8. The Hall–Kier alpha value is -4.38. The Morgan fingerprint density at radius 3 is 2.58 bits per heavy atom. The minimum atomic E-state index is -4.54. The molecule has 1 aliphatic heterocycles. The summed E-state index contributed by atoms with van der Waals surface area (Å²) < 4.78 is 74.8. The van der Waals surface area contributed by atoms with Gasteiger partial charge in [0.05, 0.1) is 48.4 Å². The molecule has 1 aromatic heterocycles. The van der Waals surface area contributed by atoms with Crippen molar-refractivity contribution in [3.8, 4) is 17.6 Å². The Morgan fingerprint density at radius 1 is 1.16 bits per heavy atom. The quantitative estimate of drug-likeness (QED) is 0.267. The Bertz CT molecular complexity index is 1560. The smallest absolute Gasteiger partial charge is 0.406 e. The molecular formula is C29H31F5N6O3. The number of halogens is 5. The van der Waals surface area contributed by atoms with Crippen LogP contribution in [0.25, 0.3) is 11.0 Å². The van der Waals surface area contributed by atoms with E-state index in [-0.39, 0.29) is 52.3 Å². The lowest BCUT2D eigenvalue weighted by atomic mass is 10.0. The van der Waals surface area contributed by atoms with Gasteiger partial charge in [-0.05, 0) is 31.2 Å². The van der Waals surface area contributed by atoms with Crippen LogP contribution in [0, 0.1) is 17.7 Å². The molecule has 1 fully saturated rings. The molecule has 230 valence electrons. The summed E-state index contributed by atoms with van der Waals surface area (Å²) in [5.41, 5.74) is 0.327. The zero-order valence-electron chi connectivity index (χ0n) is 23.7. The predicted molar refractivity (Wildman–Crippen MR) is 150 cm³/mol. The van der Waals surface area contributed by atoms with E-state index in [0.717, 1.165) is 17.0 Å². The number of benzene rings is 2. The number of piperidine rings is 1. The highest BCUT2D eigenvalue weighted by molar-refractivity contribution is 6.05. The van der Waals surface area contributed by atoms with Gasteiger partial charge in [-0.1, -0.05) is 18.8 Å². The number of nitrogens with one attached hydrogen (secondary N) is 3. The van der Waals surface area contributed by atoms with E-state index in [2.05, 4.69) is 32.8 Å². The molecule has 0 unspecified atom stereocenters. The molecule has 0 radical (unpaired) electrons. The largest absolute Gasteiger partial charge is 0.494 e. The van der Waals surface area contributed by atoms with Crippen molar-refractivity contribution in [2.24, 2.45) is 0 Å². The van der Waals surface area contributed by atoms with E-state index in [1.54, 1.807) is 0 Å². The molecule has 0 aliphatic carbocycles. The van der Waals surface area contributed by atoms with Crippen molar-refractivity contribution < 1.29 is 36.3 Å². The van der Waals surface area contributed by atoms with Crippen LogP contribution >= 0.6 is 0 Å². The third-order valence-electron chi connectivity index (χ3n) is 7.07. The summed E-state index contributed by atoms with van der Waals surface area (Å²) in [6, 6.07) is 4.34. The molecule has 14 heteroatoms. The number of imidazole rings is 1. The summed E-state index contributed by atoms with van der Waals surface area (Å²) >= 11 is 0. The number of carbonyl (C=O) groups excluding carboxylic acids is 2. The van der Waals surface area contributed by atoms with Crippen LogP contribution in [0.2, 0.25) is 0 Å². The number of likely N-dealkylation sites (tertiary alicyclic amines) is 1. The number of fused-ring (bicyclic) bond motifs is 1. The molecule has 1 saturated heterocycles. The number of methoxy groups -OCH3 is 1. The van der Waals surface area contributed by atoms with E-state index in [1.807, 2.05) is 11.8 Å². The molecule has 4 rings (SSSR count). The normalized spacial score (nSPS) is 17.2. The van der Waals surface area contributed by atoms with Gasteiger partial charge >= 0.3 is 6.18 Å². The number of amides is 2. The van der Waals surface area contributed by atoms with Gasteiger partial charge < -0.3 is 30.2 Å². The zero-order chi connectivity index (χ0) is 31.3. The highest BCUT2D eigenvalue weighted by atomic mass is 19.4. The van der Waals surface area contributed by atoms with E-state index >= 15 is 0 Å². The minimum absolute atomic E-state index is 0.0313. The third kappa shape index (κ3) is 7.53. The lowest BCUT2D eigenvalue weighted by Crippen LogP contribution is -2.52. The number of carbonyl (C=O) groups is 2. The summed E-state index contributed by atoms with van der Waals surface area (Å²) in [5, 5.41) is 7.95. The van der Waals surface area contributed by atoms with Gasteiger partial charge in [-0.2, -0.15) is 13.2 Å². The Labute approximate surface area is 244 Å². The van der Waals surface area contributed by atoms with Crippen molar-refractivity contribution in [3.63, 3.8) is 0 Å². The second-order valence-corrected chi connectivity index (χ2v) is 9.92. The first kappa shape index (κ1) is 31.6. The first-order valence-electron chi connectivity index (χ1n) is 13.5. The summed E-state index contributed by atoms with van der Waals surface area (Å²) in [6.45, 7) is 1.99. The fourth-order valence-corrected chi connectivity index (χ4v) is 4.85. The van der Waals surface area contributed by atoms with Crippen molar-refractivity contribution in [3.05, 3.63) is 53.1 Å². The van der Waals surface area contributed by atoms with Crippen LogP contribution in [0.15, 0.2) is 30.6 Å². The number of ether oxygens (including phenoxy) is 1. The van der Waals surface area contributed by atoms with Gasteiger partial charge in [-0.3, -0.25) is 9.59 Å². The van der Waals surface area contributed by atoms with Crippen LogP contribution in [0.5, 0.6) is 5.75 Å². The number of hydrogen-bond donors (Lipinski definition) is 3. The summed E-state index contributed by atoms with van der Waals surface area (Å²) in [6.07, 6.45) is -4.47. The number of hydrogen-bond acceptors (Lipinski definition) is 6. The molecule has 2 heterocycles. The minimum Gasteiger partial charge on any atom is -0.494 e. The van der Waals surface area contributed by atoms with E-state index in [0.29, 0.717) is 19.5 Å². The SMILES string of the molecule is CCN1CC[C@H](NC(=O)c2cc(C#CCNc3cc(C(=O)NC)c(F)cc3OC)cc3c2ncn3CC(F)(F)F)[C@@H](F)C1. The fourth-order valence-electron chi connectivity index (χ4n) is 4.85. The second kappa shape index (κ2) is 13.3. The monoisotopic (exact) mass is 606 g/mol. The van der Waals surface area contributed by atoms with Gasteiger partial charge in [-0.15, -0.1) is 0 Å². The molecule has 0 bridgehead atoms. The highest BCUT2D eigenvalue weighted by Gasteiger charge is 2.32. The van der Waals surface area contributed by atoms with Crippen LogP contribution in [-0.4, -0.2) is 85.0 Å². The molecule has 3 N–H and O–H groups in total. The number of alkyl halides is 4. The number of anilines is 1. The Morgan fingerprint density at radius 2 is 1.93 bits per heavy atom. The molecule has 2 amide bonds. The van der Waals surface area contributed by atoms with Crippen LogP contribution in [-0.2, 0) is 6.54 Å². The number of aromatic nitrogens is 2. The molecule has 0 spiro atoms. The standard InChI is InChI=1S/C29H31F5N6O3/c1-4-39-9-7-22(21(31)14-39)38-28(42)19-10-17(11-24-26(19)37-16-40(24)15-29(32,33)34)6-5-8-36-23-12-18(27(41)35-2)20(30)13-25(23)43-3/h10-13,16,21-22,36H,4,7-9,14-15H2,1-3H3,(H,35,41)(H,38,42)/t21-,22-/m0/s1. The van der Waals surface area contributed by atoms with Crippen LogP contribution in [0.1, 0.15) is 39.6 Å². The molecular weight excluding hydrogens is 575 g/mol. The lowest BCUT2D eigenvalue weighted by Gasteiger charge is -2.34. The third-order valence-corrected chi connectivity index (χ3v) is 7.07. The molecule has 2 atom stereocenters. The van der Waals surface area contributed by atoms with Gasteiger partial charge in [-0.25, -0.2) is 13.8 Å². The van der Waals surface area contributed by atoms with E-state index in [1.165, 1.54) is 32.4 Å². The highest BCUT2D eigenvalue weighted by Crippen LogP contribution is 2.28. The summed E-state index contributed by atoms with van der Waals surface area (Å²) in [7, 11) is 2.69. The van der Waals surface area contributed by atoms with Gasteiger partial charge in [0.1, 0.15) is 29.8 Å². The fraction of sp³-hybridized carbons (Fsp3) is 0.414. The molecule has 3 aromatic rings. The average Bonchev–Trinajstić information content (AvgIpc) is 3.36. The van der Waals surface area contributed by atoms with Crippen molar-refractivity contribution in [2.75, 3.05) is 45.7 Å². The van der Waals surface area contributed by atoms with Gasteiger partial charge in [0.2, 0.25) is 0 Å². The molecule has 1 aliphatic rings. The zero-order valence-corrected chi connectivity index (χ0v) is 23.7. The first-order chi connectivity index (χ1) is 20.4. The maximum absolute atomic E-state index is 14.8. The summed E-state index contributed by atoms with van der Waals surface area (Å²) in [5.74, 6) is 3.66. The first-order valence-corrected chi connectivity index (χ1v) is 13.5. The average molecular weight is 607 g/mol. The van der Waals surface area contributed by atoms with Crippen LogP contribution in [0.4, 0.5) is 27.6 Å². The van der Waals surface area contributed by atoms with Gasteiger partial charge in [0.25, 0.3) is 11.8 Å². The van der Waals surface area contributed by atoms with E-state index in [9.17, 15) is 31.5 Å². The van der Waals surface area contributed by atoms with Crippen LogP contribution in [0.3, 0.4) is 0 Å². The predicted octanol–water partition coefficient (Wildman–Crippen LogP) is 3.73. The van der Waals surface area contributed by atoms with E-state index in [4.69, 9.17) is 4.74 Å². The summed E-state index contributed by atoms with van der Waals surface area (Å²) in [4.78, 5) is 31.3. The van der Waals surface area contributed by atoms with Crippen molar-refractivity contribution in [2.45, 2.75) is 38.3 Å². The molecule has 43 heavy (non-hydrogen) atoms. The van der Waals surface area contributed by atoms with Crippen LogP contribution < -0.4 is 20.7 Å². The lowest BCUT2D eigenvalue weighted by molar-refractivity contribution is -0.139. The molecule has 9 nitrogen and oxygen atoms in total. The maximum Gasteiger partial charge on any atom is 0.406 e. The van der Waals surface area contributed by atoms with Crippen molar-refractivity contribution in [1.82, 2.24) is 25.1 Å². The number of nitrogens with zero attached hydrogens (tertiary/aromatic N) is 3.